The third-order valence-electron chi connectivity index (χ3n) is 2.05. The lowest BCUT2D eigenvalue weighted by Gasteiger charge is -2.08. The Bertz CT molecular complexity index is 551. The van der Waals surface area contributed by atoms with Crippen molar-refractivity contribution in [2.45, 2.75) is 6.36 Å². The van der Waals surface area contributed by atoms with Crippen LogP contribution >= 0.6 is 11.8 Å². The average Bonchev–Trinajstić information content (AvgIpc) is 2.58. The summed E-state index contributed by atoms with van der Waals surface area (Å²) in [6.45, 7) is 0. The summed E-state index contributed by atoms with van der Waals surface area (Å²) in [5.41, 5.74) is 0.488. The Balaban J connectivity index is 2.13. The summed E-state index contributed by atoms with van der Waals surface area (Å²) in [6.07, 6.45) is -3.34. The monoisotopic (exact) mass is 289 g/mol. The molecule has 1 aliphatic rings. The first-order valence-electron chi connectivity index (χ1n) is 4.94. The smallest absolute Gasteiger partial charge is 0.406 e. The number of rotatable bonds is 2. The van der Waals surface area contributed by atoms with Gasteiger partial charge >= 0.3 is 6.36 Å². The van der Waals surface area contributed by atoms with Crippen LogP contribution in [-0.4, -0.2) is 17.5 Å². The second-order valence-corrected chi connectivity index (χ2v) is 4.48. The van der Waals surface area contributed by atoms with Gasteiger partial charge < -0.3 is 4.74 Å². The molecule has 1 N–H and O–H groups in total. The Morgan fingerprint density at radius 3 is 2.26 bits per heavy atom. The zero-order valence-electron chi connectivity index (χ0n) is 9.15. The number of thioether (sulfide) groups is 1. The van der Waals surface area contributed by atoms with E-state index in [1.54, 1.807) is 0 Å². The molecule has 1 fully saturated rings. The summed E-state index contributed by atoms with van der Waals surface area (Å²) >= 11 is 0.733. The van der Waals surface area contributed by atoms with Crippen LogP contribution in [0.3, 0.4) is 0 Å². The maximum absolute atomic E-state index is 11.9. The minimum Gasteiger partial charge on any atom is -0.406 e. The summed E-state index contributed by atoms with van der Waals surface area (Å²) in [7, 11) is 0. The number of imide groups is 1. The van der Waals surface area contributed by atoms with Gasteiger partial charge in [-0.1, -0.05) is 12.1 Å². The number of hydrogen-bond donors (Lipinski definition) is 1. The van der Waals surface area contributed by atoms with Crippen molar-refractivity contribution in [1.29, 1.82) is 0 Å². The number of carbonyl (C=O) groups excluding carboxylic acids is 2. The van der Waals surface area contributed by atoms with Gasteiger partial charge in [0.25, 0.3) is 11.1 Å². The molecular weight excluding hydrogens is 283 g/mol. The van der Waals surface area contributed by atoms with Gasteiger partial charge in [0.2, 0.25) is 0 Å². The number of halogens is 3. The predicted octanol–water partition coefficient (Wildman–Crippen LogP) is 2.91. The second-order valence-electron chi connectivity index (χ2n) is 3.47. The van der Waals surface area contributed by atoms with Gasteiger partial charge in [-0.15, -0.1) is 13.2 Å². The van der Waals surface area contributed by atoms with E-state index in [9.17, 15) is 22.8 Å². The molecular formula is C11H6F3NO3S. The van der Waals surface area contributed by atoms with Crippen molar-refractivity contribution in [1.82, 2.24) is 5.32 Å². The van der Waals surface area contributed by atoms with E-state index < -0.39 is 17.5 Å². The van der Waals surface area contributed by atoms with Crippen LogP contribution in [0.25, 0.3) is 6.08 Å². The van der Waals surface area contributed by atoms with Gasteiger partial charge in [0.1, 0.15) is 5.75 Å². The van der Waals surface area contributed by atoms with Gasteiger partial charge in [-0.2, -0.15) is 0 Å². The minimum atomic E-state index is -4.74. The van der Waals surface area contributed by atoms with Crippen molar-refractivity contribution in [3.63, 3.8) is 0 Å². The van der Waals surface area contributed by atoms with Crippen molar-refractivity contribution < 1.29 is 27.5 Å². The van der Waals surface area contributed by atoms with Crippen molar-refractivity contribution in [2.24, 2.45) is 0 Å². The van der Waals surface area contributed by atoms with Crippen molar-refractivity contribution in [2.75, 3.05) is 0 Å². The fourth-order valence-electron chi connectivity index (χ4n) is 1.34. The average molecular weight is 289 g/mol. The first kappa shape index (κ1) is 13.5. The number of benzene rings is 1. The van der Waals surface area contributed by atoms with Crippen molar-refractivity contribution in [3.05, 3.63) is 34.7 Å². The van der Waals surface area contributed by atoms with E-state index in [1.165, 1.54) is 18.2 Å². The zero-order chi connectivity index (χ0) is 14.0. The van der Waals surface area contributed by atoms with Crippen LogP contribution in [0.2, 0.25) is 0 Å². The van der Waals surface area contributed by atoms with Crippen LogP contribution < -0.4 is 10.1 Å². The van der Waals surface area contributed by atoms with Crippen LogP contribution in [0.5, 0.6) is 5.75 Å². The van der Waals surface area contributed by atoms with Gasteiger partial charge in [0.05, 0.1) is 4.91 Å². The number of hydrogen-bond acceptors (Lipinski definition) is 4. The van der Waals surface area contributed by atoms with E-state index >= 15 is 0 Å². The first-order valence-corrected chi connectivity index (χ1v) is 5.76. The summed E-state index contributed by atoms with van der Waals surface area (Å²) in [5.74, 6) is -0.875. The standard InChI is InChI=1S/C11H6F3NO3S/c12-11(13,14)18-7-3-1-6(2-4-7)5-8-9(16)15-10(17)19-8/h1-5H,(H,15,16,17)/b8-5-. The van der Waals surface area contributed by atoms with E-state index in [0.29, 0.717) is 5.56 Å². The lowest BCUT2D eigenvalue weighted by molar-refractivity contribution is -0.274. The lowest BCUT2D eigenvalue weighted by atomic mass is 10.2. The molecule has 1 heterocycles. The van der Waals surface area contributed by atoms with Gasteiger partial charge in [-0.3, -0.25) is 14.9 Å². The summed E-state index contributed by atoms with van der Waals surface area (Å²) in [5, 5.41) is 1.59. The molecule has 8 heteroatoms. The van der Waals surface area contributed by atoms with Gasteiger partial charge in [0.15, 0.2) is 0 Å². The van der Waals surface area contributed by atoms with E-state index in [-0.39, 0.29) is 10.7 Å². The van der Waals surface area contributed by atoms with Gasteiger partial charge in [-0.05, 0) is 35.5 Å². The third-order valence-corrected chi connectivity index (χ3v) is 2.86. The van der Waals surface area contributed by atoms with E-state index in [0.717, 1.165) is 23.9 Å². The molecule has 1 saturated heterocycles. The Morgan fingerprint density at radius 2 is 1.79 bits per heavy atom. The minimum absolute atomic E-state index is 0.189. The highest BCUT2D eigenvalue weighted by Gasteiger charge is 2.31. The molecule has 2 amide bonds. The maximum atomic E-state index is 11.9. The van der Waals surface area contributed by atoms with E-state index in [2.05, 4.69) is 10.1 Å². The normalized spacial score (nSPS) is 17.7. The van der Waals surface area contributed by atoms with E-state index in [4.69, 9.17) is 0 Å². The van der Waals surface area contributed by atoms with Crippen molar-refractivity contribution in [3.8, 4) is 5.75 Å². The number of alkyl halides is 3. The summed E-state index contributed by atoms with van der Waals surface area (Å²) < 4.78 is 39.5. The number of ether oxygens (including phenoxy) is 1. The Labute approximate surface area is 109 Å². The van der Waals surface area contributed by atoms with Gasteiger partial charge in [0, 0.05) is 0 Å². The number of amides is 2. The molecule has 0 aromatic heterocycles. The topological polar surface area (TPSA) is 55.4 Å². The molecule has 0 saturated carbocycles. The van der Waals surface area contributed by atoms with Crippen LogP contribution in [0.1, 0.15) is 5.56 Å². The fraction of sp³-hybridized carbons (Fsp3) is 0.0909. The predicted molar refractivity (Wildman–Crippen MR) is 62.2 cm³/mol. The molecule has 1 aromatic rings. The maximum Gasteiger partial charge on any atom is 0.573 e. The van der Waals surface area contributed by atoms with Crippen LogP contribution in [-0.2, 0) is 4.79 Å². The van der Waals surface area contributed by atoms with Gasteiger partial charge in [-0.25, -0.2) is 0 Å². The molecule has 1 aromatic carbocycles. The molecule has 0 aliphatic carbocycles. The zero-order valence-corrected chi connectivity index (χ0v) is 9.97. The highest BCUT2D eigenvalue weighted by molar-refractivity contribution is 8.18. The molecule has 4 nitrogen and oxygen atoms in total. The van der Waals surface area contributed by atoms with Crippen LogP contribution in [0.4, 0.5) is 18.0 Å². The lowest BCUT2D eigenvalue weighted by Crippen LogP contribution is -2.17. The summed E-state index contributed by atoms with van der Waals surface area (Å²) in [4.78, 5) is 22.3. The highest BCUT2D eigenvalue weighted by Crippen LogP contribution is 2.27. The SMILES string of the molecule is O=C1NC(=O)/C(=C/c2ccc(OC(F)(F)F)cc2)S1. The molecule has 0 spiro atoms. The highest BCUT2D eigenvalue weighted by atomic mass is 32.2. The number of nitrogens with one attached hydrogen (secondary N) is 1. The molecule has 0 radical (unpaired) electrons. The van der Waals surface area contributed by atoms with Crippen LogP contribution in [0, 0.1) is 0 Å². The quantitative estimate of drug-likeness (QED) is 0.851. The molecule has 0 atom stereocenters. The van der Waals surface area contributed by atoms with Crippen molar-refractivity contribution >= 4 is 29.0 Å². The third kappa shape index (κ3) is 3.75. The molecule has 0 unspecified atom stereocenters. The molecule has 2 rings (SSSR count). The largest absolute Gasteiger partial charge is 0.573 e. The molecule has 19 heavy (non-hydrogen) atoms. The Hall–Kier alpha value is -1.96. The second kappa shape index (κ2) is 4.96. The molecule has 1 aliphatic heterocycles. The number of carbonyl (C=O) groups is 2. The Morgan fingerprint density at radius 1 is 1.16 bits per heavy atom. The first-order chi connectivity index (χ1) is 8.83. The van der Waals surface area contributed by atoms with Crippen LogP contribution in [0.15, 0.2) is 29.2 Å². The molecule has 0 bridgehead atoms. The summed E-state index contributed by atoms with van der Waals surface area (Å²) in [6, 6.07) is 4.95. The Kier molecular flexibility index (Phi) is 3.52. The van der Waals surface area contributed by atoms with E-state index in [1.807, 2.05) is 0 Å². The molecule has 100 valence electrons. The fourth-order valence-corrected chi connectivity index (χ4v) is 2.02.